The molecule has 0 aromatic heterocycles. The molecule has 15 heavy (non-hydrogen) atoms. The van der Waals surface area contributed by atoms with Gasteiger partial charge in [-0.3, -0.25) is 11.5 Å². The van der Waals surface area contributed by atoms with Gasteiger partial charge in [0.1, 0.15) is 0 Å². The van der Waals surface area contributed by atoms with Gasteiger partial charge in [0.15, 0.2) is 0 Å². The molecule has 80 valence electrons. The zero-order valence-electron chi connectivity index (χ0n) is 8.09. The van der Waals surface area contributed by atoms with Gasteiger partial charge in [0.2, 0.25) is 0 Å². The van der Waals surface area contributed by atoms with Crippen LogP contribution in [0.3, 0.4) is 0 Å². The fourth-order valence-corrected chi connectivity index (χ4v) is 1.41. The molecule has 0 saturated carbocycles. The van der Waals surface area contributed by atoms with Gasteiger partial charge in [-0.25, -0.2) is 0 Å². The van der Waals surface area contributed by atoms with E-state index in [4.69, 9.17) is 34.7 Å². The predicted molar refractivity (Wildman–Crippen MR) is 63.0 cm³/mol. The van der Waals surface area contributed by atoms with E-state index in [0.29, 0.717) is 15.8 Å². The molecule has 0 amide bonds. The molecule has 0 saturated heterocycles. The largest absolute Gasteiger partial charge is 0.362 e. The third-order valence-corrected chi connectivity index (χ3v) is 2.24. The molecule has 0 heterocycles. The molecular weight excluding hydrogens is 235 g/mol. The molecule has 6 heteroatoms. The minimum atomic E-state index is 0.0208. The molecular formula is C9H11Cl2N4+. The fraction of sp³-hybridized carbons (Fsp3) is 0.111. The number of nitrogens with two attached hydrogens (primary N) is 2. The first-order valence-corrected chi connectivity index (χ1v) is 4.90. The van der Waals surface area contributed by atoms with Crippen LogP contribution in [-0.4, -0.2) is 11.7 Å². The van der Waals surface area contributed by atoms with E-state index in [-0.39, 0.29) is 5.96 Å². The maximum atomic E-state index is 5.97. The van der Waals surface area contributed by atoms with Crippen molar-refractivity contribution in [2.75, 3.05) is 0 Å². The Labute approximate surface area is 97.6 Å². The highest BCUT2D eigenvalue weighted by atomic mass is 35.5. The number of hydrogen-bond donors (Lipinski definition) is 3. The number of nitrogens with zero attached hydrogens (tertiary/aromatic N) is 1. The molecule has 0 atom stereocenters. The summed E-state index contributed by atoms with van der Waals surface area (Å²) in [5, 5.41) is 7.54. The van der Waals surface area contributed by atoms with Crippen LogP contribution in [0, 0.1) is 0 Å². The summed E-state index contributed by atoms with van der Waals surface area (Å²) in [6, 6.07) is 5.13. The molecule has 1 aromatic carbocycles. The van der Waals surface area contributed by atoms with Crippen molar-refractivity contribution in [2.45, 2.75) is 6.92 Å². The zero-order valence-corrected chi connectivity index (χ0v) is 9.60. The van der Waals surface area contributed by atoms with Gasteiger partial charge in [0, 0.05) is 15.6 Å². The first-order chi connectivity index (χ1) is 7.00. The Morgan fingerprint density at radius 2 is 2.00 bits per heavy atom. The van der Waals surface area contributed by atoms with Crippen molar-refractivity contribution < 1.29 is 5.10 Å². The smallest absolute Gasteiger partial charge is 0.289 e. The average Bonchev–Trinajstić information content (AvgIpc) is 2.18. The van der Waals surface area contributed by atoms with Crippen LogP contribution in [0.2, 0.25) is 10.0 Å². The van der Waals surface area contributed by atoms with Crippen LogP contribution in [0.4, 0.5) is 0 Å². The summed E-state index contributed by atoms with van der Waals surface area (Å²) < 4.78 is 0. The number of nitrogens with one attached hydrogen (secondary N) is 1. The van der Waals surface area contributed by atoms with Gasteiger partial charge in [0.25, 0.3) is 0 Å². The van der Waals surface area contributed by atoms with Gasteiger partial charge in [-0.15, -0.1) is 5.10 Å². The molecule has 0 bridgehead atoms. The summed E-state index contributed by atoms with van der Waals surface area (Å²) in [4.78, 5) is 0. The van der Waals surface area contributed by atoms with Crippen molar-refractivity contribution in [2.24, 2.45) is 16.6 Å². The van der Waals surface area contributed by atoms with Crippen molar-refractivity contribution in [1.82, 2.24) is 0 Å². The highest BCUT2D eigenvalue weighted by molar-refractivity contribution is 6.36. The molecule has 1 rings (SSSR count). The van der Waals surface area contributed by atoms with Crippen LogP contribution in [-0.2, 0) is 0 Å². The molecule has 0 spiro atoms. The highest BCUT2D eigenvalue weighted by Crippen LogP contribution is 2.20. The van der Waals surface area contributed by atoms with Gasteiger partial charge in [-0.1, -0.05) is 23.2 Å². The molecule has 1 aromatic rings. The molecule has 4 nitrogen and oxygen atoms in total. The summed E-state index contributed by atoms with van der Waals surface area (Å²) in [5.74, 6) is 0.0208. The van der Waals surface area contributed by atoms with Crippen molar-refractivity contribution in [1.29, 1.82) is 0 Å². The van der Waals surface area contributed by atoms with E-state index in [1.165, 1.54) is 0 Å². The second-order valence-corrected chi connectivity index (χ2v) is 3.73. The van der Waals surface area contributed by atoms with E-state index in [1.54, 1.807) is 25.1 Å². The van der Waals surface area contributed by atoms with E-state index in [2.05, 4.69) is 10.2 Å². The second kappa shape index (κ2) is 5.00. The summed E-state index contributed by atoms with van der Waals surface area (Å²) in [6.45, 7) is 1.77. The van der Waals surface area contributed by atoms with Gasteiger partial charge in [-0.05, 0) is 25.1 Å². The normalized spacial score (nSPS) is 11.3. The number of rotatable bonds is 2. The minimum absolute atomic E-state index is 0.0208. The molecule has 0 radical (unpaired) electrons. The van der Waals surface area contributed by atoms with E-state index < -0.39 is 0 Å². The third kappa shape index (κ3) is 3.42. The minimum Gasteiger partial charge on any atom is -0.289 e. The lowest BCUT2D eigenvalue weighted by molar-refractivity contribution is -0.464. The molecule has 0 fully saturated rings. The summed E-state index contributed by atoms with van der Waals surface area (Å²) >= 11 is 11.8. The number of guanidine groups is 1. The molecule has 0 aliphatic rings. The monoisotopic (exact) mass is 245 g/mol. The number of halogens is 2. The molecule has 5 N–H and O–H groups in total. The van der Waals surface area contributed by atoms with Crippen LogP contribution < -0.4 is 16.6 Å². The van der Waals surface area contributed by atoms with E-state index >= 15 is 0 Å². The maximum absolute atomic E-state index is 5.97. The maximum Gasteiger partial charge on any atom is 0.362 e. The van der Waals surface area contributed by atoms with Crippen molar-refractivity contribution in [3.05, 3.63) is 33.8 Å². The van der Waals surface area contributed by atoms with Crippen LogP contribution >= 0.6 is 23.2 Å². The van der Waals surface area contributed by atoms with E-state index in [9.17, 15) is 0 Å². The van der Waals surface area contributed by atoms with Crippen LogP contribution in [0.25, 0.3) is 0 Å². The van der Waals surface area contributed by atoms with Gasteiger partial charge in [0.05, 0.1) is 5.71 Å². The Kier molecular flexibility index (Phi) is 3.94. The first-order valence-electron chi connectivity index (χ1n) is 4.14. The molecule has 0 unspecified atom stereocenters. The second-order valence-electron chi connectivity index (χ2n) is 2.89. The van der Waals surface area contributed by atoms with Gasteiger partial charge in [-0.2, -0.15) is 5.10 Å². The lowest BCUT2D eigenvalue weighted by Crippen LogP contribution is -2.72. The lowest BCUT2D eigenvalue weighted by atomic mass is 10.1. The molecule has 0 aliphatic carbocycles. The Hall–Kier alpha value is -1.26. The lowest BCUT2D eigenvalue weighted by Gasteiger charge is -2.01. The van der Waals surface area contributed by atoms with Crippen molar-refractivity contribution in [3.8, 4) is 0 Å². The Balaban J connectivity index is 3.10. The highest BCUT2D eigenvalue weighted by Gasteiger charge is 2.04. The topological polar surface area (TPSA) is 78.4 Å². The number of benzene rings is 1. The molecule has 0 aliphatic heterocycles. The predicted octanol–water partition coefficient (Wildman–Crippen LogP) is 0.0714. The summed E-state index contributed by atoms with van der Waals surface area (Å²) in [7, 11) is 0. The standard InChI is InChI=1S/C9H10Cl2N4/c1-5(14-15-9(12)13)7-4-6(10)2-3-8(7)11/h2-4H,1H3,(H4,12,13,15)/p+1/b14-5-. The third-order valence-electron chi connectivity index (χ3n) is 1.67. The van der Waals surface area contributed by atoms with E-state index in [1.807, 2.05) is 0 Å². The number of hydrazone groups is 1. The van der Waals surface area contributed by atoms with E-state index in [0.717, 1.165) is 5.56 Å². The Bertz CT molecular complexity index is 422. The quantitative estimate of drug-likeness (QED) is 0.392. The average molecular weight is 246 g/mol. The Morgan fingerprint density at radius 3 is 2.60 bits per heavy atom. The van der Waals surface area contributed by atoms with Gasteiger partial charge < -0.3 is 0 Å². The van der Waals surface area contributed by atoms with Crippen LogP contribution in [0.15, 0.2) is 23.3 Å². The fourth-order valence-electron chi connectivity index (χ4n) is 0.983. The number of hydrogen-bond acceptors (Lipinski definition) is 1. The SMILES string of the molecule is C/C(=N/[NH+]=C(N)N)c1cc(Cl)ccc1Cl. The summed E-state index contributed by atoms with van der Waals surface area (Å²) in [5.41, 5.74) is 11.8. The Morgan fingerprint density at radius 1 is 1.33 bits per heavy atom. The van der Waals surface area contributed by atoms with Crippen LogP contribution in [0.5, 0.6) is 0 Å². The van der Waals surface area contributed by atoms with Gasteiger partial charge >= 0.3 is 5.96 Å². The summed E-state index contributed by atoms with van der Waals surface area (Å²) in [6.07, 6.45) is 0. The van der Waals surface area contributed by atoms with Crippen LogP contribution in [0.1, 0.15) is 12.5 Å². The first kappa shape index (κ1) is 11.8. The zero-order chi connectivity index (χ0) is 11.4. The van der Waals surface area contributed by atoms with Crippen molar-refractivity contribution >= 4 is 34.9 Å². The van der Waals surface area contributed by atoms with Crippen molar-refractivity contribution in [3.63, 3.8) is 0 Å².